The van der Waals surface area contributed by atoms with E-state index < -0.39 is 0 Å². The molecule has 2 aromatic rings. The molecule has 1 aliphatic rings. The predicted octanol–water partition coefficient (Wildman–Crippen LogP) is 3.62. The Hall–Kier alpha value is -2.29. The molecule has 2 aromatic carbocycles. The summed E-state index contributed by atoms with van der Waals surface area (Å²) < 4.78 is 10.5. The Balaban J connectivity index is 1.94. The molecule has 3 rings (SSSR count). The van der Waals surface area contributed by atoms with E-state index in [0.717, 1.165) is 41.0 Å². The van der Waals surface area contributed by atoms with Gasteiger partial charge < -0.3 is 9.47 Å². The molecule has 0 spiro atoms. The van der Waals surface area contributed by atoms with E-state index in [1.165, 1.54) is 0 Å². The van der Waals surface area contributed by atoms with Gasteiger partial charge in [-0.3, -0.25) is 4.79 Å². The molecule has 3 heteroatoms. The number of aryl methyl sites for hydroxylation is 1. The van der Waals surface area contributed by atoms with Crippen LogP contribution in [0.1, 0.15) is 33.8 Å². The molecule has 0 bridgehead atoms. The van der Waals surface area contributed by atoms with Crippen molar-refractivity contribution in [1.82, 2.24) is 0 Å². The number of fused-ring (bicyclic) bond motifs is 1. The standard InChI is InChI=1S/C18H18O3/c1-20-14-5-3-4-12(10-14)16-8-6-13-11-15(21-2)7-9-17(13)18(16)19/h3-5,7,9-11,16H,6,8H2,1-2H3/t16-/m1/s1. The highest BCUT2D eigenvalue weighted by molar-refractivity contribution is 6.03. The largest absolute Gasteiger partial charge is 0.497 e. The highest BCUT2D eigenvalue weighted by Crippen LogP contribution is 2.35. The van der Waals surface area contributed by atoms with Crippen LogP contribution in [-0.2, 0) is 6.42 Å². The molecule has 0 N–H and O–H groups in total. The number of Topliss-reactive ketones (excluding diaryl/α,β-unsaturated/α-hetero) is 1. The molecule has 3 nitrogen and oxygen atoms in total. The minimum Gasteiger partial charge on any atom is -0.497 e. The molecule has 1 aliphatic carbocycles. The van der Waals surface area contributed by atoms with Gasteiger partial charge in [-0.1, -0.05) is 12.1 Å². The maximum atomic E-state index is 12.7. The van der Waals surface area contributed by atoms with Crippen molar-refractivity contribution in [1.29, 1.82) is 0 Å². The molecule has 0 heterocycles. The first kappa shape index (κ1) is 13.7. The second-order valence-electron chi connectivity index (χ2n) is 5.26. The van der Waals surface area contributed by atoms with Crippen LogP contribution in [0.2, 0.25) is 0 Å². The van der Waals surface area contributed by atoms with Crippen molar-refractivity contribution in [3.05, 3.63) is 59.2 Å². The zero-order chi connectivity index (χ0) is 14.8. The van der Waals surface area contributed by atoms with Gasteiger partial charge in [0.05, 0.1) is 14.2 Å². The van der Waals surface area contributed by atoms with Crippen LogP contribution in [-0.4, -0.2) is 20.0 Å². The summed E-state index contributed by atoms with van der Waals surface area (Å²) in [5, 5.41) is 0. The molecule has 0 saturated carbocycles. The van der Waals surface area contributed by atoms with E-state index in [2.05, 4.69) is 0 Å². The number of benzene rings is 2. The van der Waals surface area contributed by atoms with Crippen LogP contribution in [0.3, 0.4) is 0 Å². The fraction of sp³-hybridized carbons (Fsp3) is 0.278. The third-order valence-electron chi connectivity index (χ3n) is 4.09. The average molecular weight is 282 g/mol. The minimum absolute atomic E-state index is 0.0824. The Bertz CT molecular complexity index is 676. The van der Waals surface area contributed by atoms with Gasteiger partial charge in [0.2, 0.25) is 0 Å². The van der Waals surface area contributed by atoms with E-state index in [9.17, 15) is 4.79 Å². The van der Waals surface area contributed by atoms with Gasteiger partial charge in [-0.15, -0.1) is 0 Å². The zero-order valence-corrected chi connectivity index (χ0v) is 12.3. The van der Waals surface area contributed by atoms with Crippen LogP contribution in [0.25, 0.3) is 0 Å². The maximum Gasteiger partial charge on any atom is 0.170 e. The van der Waals surface area contributed by atoms with E-state index in [4.69, 9.17) is 9.47 Å². The SMILES string of the molecule is COc1cccc([C@H]2CCc3cc(OC)ccc3C2=O)c1. The quantitative estimate of drug-likeness (QED) is 0.862. The summed E-state index contributed by atoms with van der Waals surface area (Å²) in [5.74, 6) is 1.70. The van der Waals surface area contributed by atoms with Crippen molar-refractivity contribution in [2.75, 3.05) is 14.2 Å². The minimum atomic E-state index is -0.0824. The maximum absolute atomic E-state index is 12.7. The molecular formula is C18H18O3. The second-order valence-corrected chi connectivity index (χ2v) is 5.26. The summed E-state index contributed by atoms with van der Waals surface area (Å²) in [4.78, 5) is 12.7. The first-order valence-electron chi connectivity index (χ1n) is 7.08. The smallest absolute Gasteiger partial charge is 0.170 e. The molecular weight excluding hydrogens is 264 g/mol. The molecule has 108 valence electrons. The highest BCUT2D eigenvalue weighted by Gasteiger charge is 2.29. The van der Waals surface area contributed by atoms with Crippen LogP contribution in [0.4, 0.5) is 0 Å². The van der Waals surface area contributed by atoms with Crippen LogP contribution < -0.4 is 9.47 Å². The zero-order valence-electron chi connectivity index (χ0n) is 12.3. The third kappa shape index (κ3) is 2.51. The molecule has 0 saturated heterocycles. The normalized spacial score (nSPS) is 17.2. The molecule has 21 heavy (non-hydrogen) atoms. The number of ketones is 1. The van der Waals surface area contributed by atoms with Gasteiger partial charge in [0, 0.05) is 11.5 Å². The Morgan fingerprint density at radius 1 is 1.00 bits per heavy atom. The lowest BCUT2D eigenvalue weighted by Gasteiger charge is -2.24. The first-order valence-corrected chi connectivity index (χ1v) is 7.08. The lowest BCUT2D eigenvalue weighted by Crippen LogP contribution is -2.21. The van der Waals surface area contributed by atoms with Gasteiger partial charge in [0.1, 0.15) is 11.5 Å². The lowest BCUT2D eigenvalue weighted by atomic mass is 9.79. The van der Waals surface area contributed by atoms with Gasteiger partial charge >= 0.3 is 0 Å². The Labute approximate surface area is 124 Å². The topological polar surface area (TPSA) is 35.5 Å². The number of hydrogen-bond donors (Lipinski definition) is 0. The molecule has 1 atom stereocenters. The lowest BCUT2D eigenvalue weighted by molar-refractivity contribution is 0.0946. The van der Waals surface area contributed by atoms with Gasteiger partial charge in [-0.05, 0) is 54.3 Å². The van der Waals surface area contributed by atoms with Crippen molar-refractivity contribution < 1.29 is 14.3 Å². The molecule has 0 aliphatic heterocycles. The summed E-state index contributed by atoms with van der Waals surface area (Å²) in [6, 6.07) is 13.5. The first-order chi connectivity index (χ1) is 10.2. The van der Waals surface area contributed by atoms with Gasteiger partial charge in [-0.2, -0.15) is 0 Å². The molecule has 0 aromatic heterocycles. The fourth-order valence-electron chi connectivity index (χ4n) is 2.94. The second kappa shape index (κ2) is 5.60. The molecule has 0 unspecified atom stereocenters. The van der Waals surface area contributed by atoms with E-state index in [1.807, 2.05) is 42.5 Å². The van der Waals surface area contributed by atoms with Crippen LogP contribution in [0.5, 0.6) is 11.5 Å². The molecule has 0 radical (unpaired) electrons. The number of carbonyl (C=O) groups is 1. The van der Waals surface area contributed by atoms with Crippen LogP contribution in [0, 0.1) is 0 Å². The van der Waals surface area contributed by atoms with Crippen LogP contribution in [0.15, 0.2) is 42.5 Å². The van der Waals surface area contributed by atoms with E-state index in [-0.39, 0.29) is 11.7 Å². The number of carbonyl (C=O) groups excluding carboxylic acids is 1. The van der Waals surface area contributed by atoms with Crippen molar-refractivity contribution in [2.24, 2.45) is 0 Å². The highest BCUT2D eigenvalue weighted by atomic mass is 16.5. The Morgan fingerprint density at radius 3 is 2.52 bits per heavy atom. The Morgan fingerprint density at radius 2 is 1.76 bits per heavy atom. The monoisotopic (exact) mass is 282 g/mol. The van der Waals surface area contributed by atoms with Gasteiger partial charge in [0.25, 0.3) is 0 Å². The predicted molar refractivity (Wildman–Crippen MR) is 81.4 cm³/mol. The third-order valence-corrected chi connectivity index (χ3v) is 4.09. The van der Waals surface area contributed by atoms with Crippen molar-refractivity contribution in [2.45, 2.75) is 18.8 Å². The average Bonchev–Trinajstić information content (AvgIpc) is 2.55. The summed E-state index contributed by atoms with van der Waals surface area (Å²) in [6.45, 7) is 0. The van der Waals surface area contributed by atoms with Gasteiger partial charge in [-0.25, -0.2) is 0 Å². The van der Waals surface area contributed by atoms with Crippen LogP contribution >= 0.6 is 0 Å². The van der Waals surface area contributed by atoms with Gasteiger partial charge in [0.15, 0.2) is 5.78 Å². The fourth-order valence-corrected chi connectivity index (χ4v) is 2.94. The van der Waals surface area contributed by atoms with E-state index in [1.54, 1.807) is 14.2 Å². The number of methoxy groups -OCH3 is 2. The summed E-state index contributed by atoms with van der Waals surface area (Å²) in [7, 11) is 3.29. The van der Waals surface area contributed by atoms with Crippen molar-refractivity contribution in [3.8, 4) is 11.5 Å². The van der Waals surface area contributed by atoms with E-state index >= 15 is 0 Å². The Kier molecular flexibility index (Phi) is 3.65. The summed E-state index contributed by atoms with van der Waals surface area (Å²) in [5.41, 5.74) is 2.93. The van der Waals surface area contributed by atoms with Crippen molar-refractivity contribution in [3.63, 3.8) is 0 Å². The summed E-state index contributed by atoms with van der Waals surface area (Å²) >= 11 is 0. The number of ether oxygens (including phenoxy) is 2. The summed E-state index contributed by atoms with van der Waals surface area (Å²) in [6.07, 6.45) is 1.71. The number of hydrogen-bond acceptors (Lipinski definition) is 3. The molecule has 0 amide bonds. The number of rotatable bonds is 3. The van der Waals surface area contributed by atoms with Crippen molar-refractivity contribution >= 4 is 5.78 Å². The van der Waals surface area contributed by atoms with E-state index in [0.29, 0.717) is 0 Å². The molecule has 0 fully saturated rings.